The quantitative estimate of drug-likeness (QED) is 0.641. The molecule has 2 heterocycles. The van der Waals surface area contributed by atoms with Crippen LogP contribution in [0.1, 0.15) is 28.4 Å². The molecular formula is C18H17FN2O3. The van der Waals surface area contributed by atoms with Crippen LogP contribution in [0, 0.1) is 5.95 Å². The largest absolute Gasteiger partial charge is 0.464 e. The second-order valence-electron chi connectivity index (χ2n) is 5.52. The van der Waals surface area contributed by atoms with E-state index < -0.39 is 23.9 Å². The molecule has 0 fully saturated rings. The molecule has 1 atom stereocenters. The van der Waals surface area contributed by atoms with E-state index in [0.717, 1.165) is 11.1 Å². The number of fused-ring (bicyclic) bond motifs is 1. The molecule has 1 aromatic carbocycles. The average molecular weight is 328 g/mol. The van der Waals surface area contributed by atoms with Gasteiger partial charge in [-0.05, 0) is 30.2 Å². The lowest BCUT2D eigenvalue weighted by atomic mass is 9.93. The van der Waals surface area contributed by atoms with Crippen LogP contribution in [0.4, 0.5) is 4.39 Å². The van der Waals surface area contributed by atoms with E-state index in [1.165, 1.54) is 23.2 Å². The summed E-state index contributed by atoms with van der Waals surface area (Å²) < 4.78 is 19.0. The van der Waals surface area contributed by atoms with E-state index in [-0.39, 0.29) is 18.7 Å². The zero-order valence-corrected chi connectivity index (χ0v) is 13.2. The summed E-state index contributed by atoms with van der Waals surface area (Å²) in [5.41, 5.74) is 1.79. The molecule has 1 aromatic heterocycles. The van der Waals surface area contributed by atoms with E-state index in [0.29, 0.717) is 6.42 Å². The van der Waals surface area contributed by atoms with Crippen molar-refractivity contribution in [1.82, 2.24) is 9.88 Å². The number of aromatic nitrogens is 1. The Bertz CT molecular complexity index is 778. The summed E-state index contributed by atoms with van der Waals surface area (Å²) in [7, 11) is 0. The smallest absolute Gasteiger partial charge is 0.329 e. The van der Waals surface area contributed by atoms with E-state index in [4.69, 9.17) is 4.74 Å². The molecule has 5 nitrogen and oxygen atoms in total. The first-order valence-corrected chi connectivity index (χ1v) is 7.76. The number of nitrogens with zero attached hydrogens (tertiary/aromatic N) is 2. The molecule has 1 amide bonds. The van der Waals surface area contributed by atoms with Gasteiger partial charge in [0.2, 0.25) is 5.95 Å². The summed E-state index contributed by atoms with van der Waals surface area (Å²) in [5, 5.41) is 0. The third-order valence-electron chi connectivity index (χ3n) is 4.06. The highest BCUT2D eigenvalue weighted by atomic mass is 19.1. The summed E-state index contributed by atoms with van der Waals surface area (Å²) in [6.07, 6.45) is 1.63. The van der Waals surface area contributed by atoms with Crippen molar-refractivity contribution in [3.63, 3.8) is 0 Å². The lowest BCUT2D eigenvalue weighted by molar-refractivity contribution is -0.149. The fourth-order valence-electron chi connectivity index (χ4n) is 2.89. The van der Waals surface area contributed by atoms with Crippen molar-refractivity contribution >= 4 is 11.9 Å². The van der Waals surface area contributed by atoms with E-state index in [1.807, 2.05) is 24.3 Å². The van der Waals surface area contributed by atoms with Crippen LogP contribution >= 0.6 is 0 Å². The second-order valence-corrected chi connectivity index (χ2v) is 5.52. The molecule has 0 bridgehead atoms. The molecule has 0 N–H and O–H groups in total. The fourth-order valence-corrected chi connectivity index (χ4v) is 2.89. The fraction of sp³-hybridized carbons (Fsp3) is 0.278. The molecular weight excluding hydrogens is 311 g/mol. The zero-order valence-electron chi connectivity index (χ0n) is 13.2. The predicted molar refractivity (Wildman–Crippen MR) is 84.6 cm³/mol. The Balaban J connectivity index is 1.97. The molecule has 3 rings (SSSR count). The summed E-state index contributed by atoms with van der Waals surface area (Å²) in [6.45, 7) is 2.16. The number of esters is 1. The summed E-state index contributed by atoms with van der Waals surface area (Å²) in [4.78, 5) is 30.0. The van der Waals surface area contributed by atoms with Crippen LogP contribution in [0.5, 0.6) is 0 Å². The van der Waals surface area contributed by atoms with Crippen molar-refractivity contribution in [3.8, 4) is 0 Å². The maximum absolute atomic E-state index is 13.9. The maximum Gasteiger partial charge on any atom is 0.329 e. The van der Waals surface area contributed by atoms with Crippen molar-refractivity contribution in [2.24, 2.45) is 0 Å². The molecule has 0 saturated carbocycles. The minimum atomic E-state index is -0.844. The Morgan fingerprint density at radius 1 is 1.25 bits per heavy atom. The average Bonchev–Trinajstić information content (AvgIpc) is 2.60. The number of carbonyl (C=O) groups excluding carboxylic acids is 2. The molecule has 1 aliphatic heterocycles. The van der Waals surface area contributed by atoms with Gasteiger partial charge in [0.1, 0.15) is 6.04 Å². The van der Waals surface area contributed by atoms with Crippen LogP contribution in [-0.4, -0.2) is 34.4 Å². The molecule has 2 aromatic rings. The number of amides is 1. The third kappa shape index (κ3) is 2.99. The Labute approximate surface area is 139 Å². The maximum atomic E-state index is 13.9. The predicted octanol–water partition coefficient (Wildman–Crippen LogP) is 2.35. The Kier molecular flexibility index (Phi) is 4.55. The van der Waals surface area contributed by atoms with Gasteiger partial charge in [0.25, 0.3) is 5.91 Å². The Hall–Kier alpha value is -2.76. The lowest BCUT2D eigenvalue weighted by Crippen LogP contribution is -2.49. The van der Waals surface area contributed by atoms with Gasteiger partial charge in [0, 0.05) is 19.2 Å². The standard InChI is InChI=1S/C18H17FN2O3/c1-2-24-18(23)15-10-12-6-3-4-7-13(12)11-21(15)17(22)14-8-5-9-20-16(14)19/h3-9,15H,2,10-11H2,1H3. The molecule has 1 unspecified atom stereocenters. The number of carbonyl (C=O) groups is 2. The summed E-state index contributed by atoms with van der Waals surface area (Å²) in [6, 6.07) is 9.67. The Morgan fingerprint density at radius 2 is 2.00 bits per heavy atom. The minimum absolute atomic E-state index is 0.147. The molecule has 0 saturated heterocycles. The second kappa shape index (κ2) is 6.78. The van der Waals surface area contributed by atoms with Gasteiger partial charge in [0.15, 0.2) is 0 Å². The number of hydrogen-bond donors (Lipinski definition) is 0. The highest BCUT2D eigenvalue weighted by molar-refractivity contribution is 5.97. The van der Waals surface area contributed by atoms with Crippen molar-refractivity contribution in [2.45, 2.75) is 25.9 Å². The molecule has 124 valence electrons. The zero-order chi connectivity index (χ0) is 17.1. The van der Waals surface area contributed by atoms with E-state index in [1.54, 1.807) is 6.92 Å². The van der Waals surface area contributed by atoms with Crippen molar-refractivity contribution in [1.29, 1.82) is 0 Å². The summed E-state index contributed by atoms with van der Waals surface area (Å²) >= 11 is 0. The van der Waals surface area contributed by atoms with Crippen LogP contribution in [0.15, 0.2) is 42.6 Å². The van der Waals surface area contributed by atoms with Crippen LogP contribution in [0.2, 0.25) is 0 Å². The van der Waals surface area contributed by atoms with Gasteiger partial charge in [-0.15, -0.1) is 0 Å². The third-order valence-corrected chi connectivity index (χ3v) is 4.06. The van der Waals surface area contributed by atoms with Gasteiger partial charge in [-0.2, -0.15) is 4.39 Å². The van der Waals surface area contributed by atoms with E-state index in [2.05, 4.69) is 4.98 Å². The normalized spacial score (nSPS) is 16.4. The Morgan fingerprint density at radius 3 is 2.71 bits per heavy atom. The van der Waals surface area contributed by atoms with Crippen LogP contribution < -0.4 is 0 Å². The first-order chi connectivity index (χ1) is 11.6. The van der Waals surface area contributed by atoms with Gasteiger partial charge in [-0.1, -0.05) is 24.3 Å². The number of ether oxygens (including phenoxy) is 1. The molecule has 0 spiro atoms. The molecule has 0 aliphatic carbocycles. The van der Waals surface area contributed by atoms with E-state index in [9.17, 15) is 14.0 Å². The van der Waals surface area contributed by atoms with Gasteiger partial charge >= 0.3 is 5.97 Å². The number of halogens is 1. The summed E-state index contributed by atoms with van der Waals surface area (Å²) in [5.74, 6) is -1.89. The molecule has 6 heteroatoms. The SMILES string of the molecule is CCOC(=O)C1Cc2ccccc2CN1C(=O)c1cccnc1F. The van der Waals surface area contributed by atoms with Crippen LogP contribution in [0.25, 0.3) is 0 Å². The van der Waals surface area contributed by atoms with E-state index >= 15 is 0 Å². The van der Waals surface area contributed by atoms with Crippen molar-refractivity contribution in [3.05, 3.63) is 65.2 Å². The van der Waals surface area contributed by atoms with Gasteiger partial charge in [-0.3, -0.25) is 4.79 Å². The first-order valence-electron chi connectivity index (χ1n) is 7.76. The van der Waals surface area contributed by atoms with Crippen molar-refractivity contribution < 1.29 is 18.7 Å². The first kappa shape index (κ1) is 16.1. The highest BCUT2D eigenvalue weighted by Crippen LogP contribution is 2.26. The van der Waals surface area contributed by atoms with Gasteiger partial charge in [0.05, 0.1) is 12.2 Å². The minimum Gasteiger partial charge on any atom is -0.464 e. The van der Waals surface area contributed by atoms with Gasteiger partial charge in [-0.25, -0.2) is 9.78 Å². The topological polar surface area (TPSA) is 59.5 Å². The molecule has 0 radical (unpaired) electrons. The van der Waals surface area contributed by atoms with Crippen LogP contribution in [-0.2, 0) is 22.5 Å². The monoisotopic (exact) mass is 328 g/mol. The number of hydrogen-bond acceptors (Lipinski definition) is 4. The molecule has 24 heavy (non-hydrogen) atoms. The lowest BCUT2D eigenvalue weighted by Gasteiger charge is -2.35. The van der Waals surface area contributed by atoms with Gasteiger partial charge < -0.3 is 9.64 Å². The number of benzene rings is 1. The number of rotatable bonds is 3. The molecule has 1 aliphatic rings. The van der Waals surface area contributed by atoms with Crippen molar-refractivity contribution in [2.75, 3.05) is 6.61 Å². The highest BCUT2D eigenvalue weighted by Gasteiger charge is 2.36. The van der Waals surface area contributed by atoms with Crippen LogP contribution in [0.3, 0.4) is 0 Å². The number of pyridine rings is 1.